The number of likely N-dealkylation sites (N-methyl/N-ethyl adjacent to an activating group) is 2. The van der Waals surface area contributed by atoms with Gasteiger partial charge >= 0.3 is 6.03 Å². The number of anilines is 1. The lowest BCUT2D eigenvalue weighted by Gasteiger charge is -2.35. The van der Waals surface area contributed by atoms with Crippen molar-refractivity contribution in [3.05, 3.63) is 64.2 Å². The predicted molar refractivity (Wildman–Crippen MR) is 150 cm³/mol. The molecule has 4 heterocycles. The van der Waals surface area contributed by atoms with E-state index in [-0.39, 0.29) is 11.9 Å². The van der Waals surface area contributed by atoms with E-state index in [0.29, 0.717) is 25.5 Å². The number of nitrogens with zero attached hydrogens (tertiary/aromatic N) is 5. The zero-order valence-electron chi connectivity index (χ0n) is 21.7. The van der Waals surface area contributed by atoms with Gasteiger partial charge < -0.3 is 14.7 Å². The SMILES string of the molecule is Cc1c(CN(C)C(=O)/C=C/c2cnc3c(c2)CN(CCN2CCN(C)CC2)C(=O)N3)sc2ccccc12. The lowest BCUT2D eigenvalue weighted by atomic mass is 10.1. The molecular weight excluding hydrogens is 484 g/mol. The number of hydrogen-bond acceptors (Lipinski definition) is 6. The lowest BCUT2D eigenvalue weighted by molar-refractivity contribution is -0.125. The van der Waals surface area contributed by atoms with Crippen molar-refractivity contribution in [2.45, 2.75) is 20.0 Å². The topological polar surface area (TPSA) is 72.0 Å². The number of pyridine rings is 1. The van der Waals surface area contributed by atoms with E-state index < -0.39 is 0 Å². The third-order valence-corrected chi connectivity index (χ3v) is 8.52. The van der Waals surface area contributed by atoms with Crippen molar-refractivity contribution in [3.8, 4) is 0 Å². The average molecular weight is 519 g/mol. The summed E-state index contributed by atoms with van der Waals surface area (Å²) in [6, 6.07) is 10.2. The molecule has 0 radical (unpaired) electrons. The summed E-state index contributed by atoms with van der Waals surface area (Å²) >= 11 is 1.74. The molecule has 0 saturated carbocycles. The van der Waals surface area contributed by atoms with Crippen LogP contribution >= 0.6 is 11.3 Å². The smallest absolute Gasteiger partial charge is 0.323 e. The van der Waals surface area contributed by atoms with Gasteiger partial charge in [-0.1, -0.05) is 18.2 Å². The Morgan fingerprint density at radius 3 is 2.76 bits per heavy atom. The van der Waals surface area contributed by atoms with Crippen molar-refractivity contribution in [3.63, 3.8) is 0 Å². The van der Waals surface area contributed by atoms with Crippen molar-refractivity contribution in [2.24, 2.45) is 0 Å². The van der Waals surface area contributed by atoms with Crippen LogP contribution in [0.1, 0.15) is 21.6 Å². The number of benzene rings is 1. The summed E-state index contributed by atoms with van der Waals surface area (Å²) in [5.41, 5.74) is 3.04. The quantitative estimate of drug-likeness (QED) is 0.481. The van der Waals surface area contributed by atoms with Crippen LogP contribution in [0.5, 0.6) is 0 Å². The van der Waals surface area contributed by atoms with Gasteiger partial charge in [0.25, 0.3) is 0 Å². The number of rotatable bonds is 7. The van der Waals surface area contributed by atoms with Crippen molar-refractivity contribution in [1.82, 2.24) is 24.6 Å². The monoisotopic (exact) mass is 518 g/mol. The first-order valence-electron chi connectivity index (χ1n) is 12.7. The van der Waals surface area contributed by atoms with Crippen LogP contribution in [0, 0.1) is 6.92 Å². The molecule has 2 aliphatic rings. The molecule has 2 aliphatic heterocycles. The van der Waals surface area contributed by atoms with Crippen molar-refractivity contribution in [2.75, 3.05) is 58.7 Å². The number of carbonyl (C=O) groups is 2. The zero-order valence-corrected chi connectivity index (χ0v) is 22.6. The number of fused-ring (bicyclic) bond motifs is 2. The maximum atomic E-state index is 12.8. The van der Waals surface area contributed by atoms with E-state index in [1.807, 2.05) is 30.1 Å². The number of carbonyl (C=O) groups excluding carboxylic acids is 2. The maximum absolute atomic E-state index is 12.8. The molecule has 5 rings (SSSR count). The minimum absolute atomic E-state index is 0.0586. The van der Waals surface area contributed by atoms with Crippen molar-refractivity contribution >= 4 is 45.3 Å². The van der Waals surface area contributed by atoms with Gasteiger partial charge in [-0.25, -0.2) is 9.78 Å². The van der Waals surface area contributed by atoms with Gasteiger partial charge in [0, 0.05) is 73.7 Å². The third kappa shape index (κ3) is 5.84. The fourth-order valence-corrected chi connectivity index (χ4v) is 6.05. The van der Waals surface area contributed by atoms with Crippen LogP contribution in [0.25, 0.3) is 16.2 Å². The molecule has 2 aromatic heterocycles. The van der Waals surface area contributed by atoms with Crippen LogP contribution in [-0.4, -0.2) is 89.9 Å². The van der Waals surface area contributed by atoms with Crippen molar-refractivity contribution < 1.29 is 9.59 Å². The molecule has 0 bridgehead atoms. The fourth-order valence-electron chi connectivity index (χ4n) is 4.79. The Balaban J connectivity index is 1.19. The molecule has 0 aliphatic carbocycles. The first kappa shape index (κ1) is 25.4. The highest BCUT2D eigenvalue weighted by molar-refractivity contribution is 7.19. The Morgan fingerprint density at radius 2 is 1.97 bits per heavy atom. The van der Waals surface area contributed by atoms with E-state index in [1.54, 1.807) is 34.6 Å². The second kappa shape index (κ2) is 11.0. The number of piperazine rings is 1. The molecule has 1 saturated heterocycles. The highest BCUT2D eigenvalue weighted by atomic mass is 32.1. The Bertz CT molecular complexity index is 1330. The molecule has 0 unspecified atom stereocenters. The lowest BCUT2D eigenvalue weighted by Crippen LogP contribution is -2.48. The number of thiophene rings is 1. The van der Waals surface area contributed by atoms with Gasteiger partial charge in [-0.2, -0.15) is 0 Å². The normalized spacial score (nSPS) is 16.8. The van der Waals surface area contributed by atoms with Gasteiger partial charge in [0.2, 0.25) is 5.91 Å². The first-order valence-corrected chi connectivity index (χ1v) is 13.5. The Hall–Kier alpha value is -3.27. The molecule has 0 spiro atoms. The predicted octanol–water partition coefficient (Wildman–Crippen LogP) is 3.87. The van der Waals surface area contributed by atoms with Crippen LogP contribution < -0.4 is 5.32 Å². The van der Waals surface area contributed by atoms with Gasteiger partial charge in [-0.15, -0.1) is 11.3 Å². The van der Waals surface area contributed by atoms with Gasteiger partial charge in [0.15, 0.2) is 0 Å². The molecule has 37 heavy (non-hydrogen) atoms. The molecule has 1 aromatic carbocycles. The number of hydrogen-bond donors (Lipinski definition) is 1. The summed E-state index contributed by atoms with van der Waals surface area (Å²) in [6.07, 6.45) is 5.09. The summed E-state index contributed by atoms with van der Waals surface area (Å²) in [6.45, 7) is 8.94. The number of urea groups is 1. The van der Waals surface area contributed by atoms with E-state index in [4.69, 9.17) is 0 Å². The van der Waals surface area contributed by atoms with Crippen LogP contribution in [0.3, 0.4) is 0 Å². The Morgan fingerprint density at radius 1 is 1.19 bits per heavy atom. The molecular formula is C28H34N6O2S. The van der Waals surface area contributed by atoms with E-state index in [9.17, 15) is 9.59 Å². The highest BCUT2D eigenvalue weighted by Crippen LogP contribution is 2.31. The number of amides is 3. The van der Waals surface area contributed by atoms with E-state index in [1.165, 1.54) is 20.5 Å². The van der Waals surface area contributed by atoms with Crippen LogP contribution in [0.4, 0.5) is 10.6 Å². The van der Waals surface area contributed by atoms with Crippen LogP contribution in [0.15, 0.2) is 42.6 Å². The van der Waals surface area contributed by atoms with Gasteiger partial charge in [0.1, 0.15) is 5.82 Å². The largest absolute Gasteiger partial charge is 0.337 e. The number of nitrogens with one attached hydrogen (secondary N) is 1. The average Bonchev–Trinajstić information content (AvgIpc) is 3.21. The zero-order chi connectivity index (χ0) is 25.9. The summed E-state index contributed by atoms with van der Waals surface area (Å²) in [5, 5.41) is 4.16. The van der Waals surface area contributed by atoms with Gasteiger partial charge in [-0.3, -0.25) is 15.0 Å². The second-order valence-electron chi connectivity index (χ2n) is 9.95. The molecule has 194 valence electrons. The van der Waals surface area contributed by atoms with E-state index >= 15 is 0 Å². The Labute approximate surface area is 222 Å². The van der Waals surface area contributed by atoms with Gasteiger partial charge in [0.05, 0.1) is 13.1 Å². The second-order valence-corrected chi connectivity index (χ2v) is 11.1. The molecule has 0 atom stereocenters. The van der Waals surface area contributed by atoms with Crippen LogP contribution in [-0.2, 0) is 17.9 Å². The van der Waals surface area contributed by atoms with E-state index in [0.717, 1.165) is 43.9 Å². The third-order valence-electron chi connectivity index (χ3n) is 7.26. The highest BCUT2D eigenvalue weighted by Gasteiger charge is 2.24. The molecule has 1 N–H and O–H groups in total. The number of aromatic nitrogens is 1. The van der Waals surface area contributed by atoms with E-state index in [2.05, 4.69) is 46.2 Å². The number of aryl methyl sites for hydroxylation is 1. The molecule has 8 nitrogen and oxygen atoms in total. The molecule has 3 amide bonds. The van der Waals surface area contributed by atoms with Crippen molar-refractivity contribution in [1.29, 1.82) is 0 Å². The minimum Gasteiger partial charge on any atom is -0.337 e. The summed E-state index contributed by atoms with van der Waals surface area (Å²) in [5.74, 6) is 0.540. The molecule has 1 fully saturated rings. The van der Waals surface area contributed by atoms with Gasteiger partial charge in [-0.05, 0) is 48.7 Å². The minimum atomic E-state index is -0.106. The molecule has 3 aromatic rings. The summed E-state index contributed by atoms with van der Waals surface area (Å²) in [7, 11) is 3.97. The Kier molecular flexibility index (Phi) is 7.55. The summed E-state index contributed by atoms with van der Waals surface area (Å²) < 4.78 is 1.25. The molecule has 9 heteroatoms. The van der Waals surface area contributed by atoms with Crippen LogP contribution in [0.2, 0.25) is 0 Å². The summed E-state index contributed by atoms with van der Waals surface area (Å²) in [4.78, 5) is 39.4. The standard InChI is InChI=1S/C28H34N6O2S/c1-20-23-6-4-5-7-24(23)37-25(20)19-32(3)26(35)9-8-21-16-22-18-34(28(36)30-27(22)29-17-21)15-14-33-12-10-31(2)11-13-33/h4-9,16-17H,10-15,18-19H2,1-3H3,(H,29,30,36)/b9-8+. The first-order chi connectivity index (χ1) is 17.9. The fraction of sp³-hybridized carbons (Fsp3) is 0.393. The maximum Gasteiger partial charge on any atom is 0.323 e.